The lowest BCUT2D eigenvalue weighted by Crippen LogP contribution is -2.11. The highest BCUT2D eigenvalue weighted by Crippen LogP contribution is 2.35. The summed E-state index contributed by atoms with van der Waals surface area (Å²) in [6, 6.07) is 23.0. The predicted octanol–water partition coefficient (Wildman–Crippen LogP) is 5.86. The summed E-state index contributed by atoms with van der Waals surface area (Å²) >= 11 is 0. The molecule has 0 radical (unpaired) electrons. The van der Waals surface area contributed by atoms with E-state index in [4.69, 9.17) is 15.2 Å². The summed E-state index contributed by atoms with van der Waals surface area (Å²) in [5.41, 5.74) is 7.68. The molecule has 0 aliphatic rings. The molecular formula is C29H26F2N2O4. The number of rotatable bonds is 11. The average molecular weight is 505 g/mol. The third kappa shape index (κ3) is 6.42. The number of anilines is 1. The van der Waals surface area contributed by atoms with Crippen molar-refractivity contribution < 1.29 is 28.2 Å². The molecular weight excluding hydrogens is 478 g/mol. The summed E-state index contributed by atoms with van der Waals surface area (Å²) in [7, 11) is 0. The van der Waals surface area contributed by atoms with Gasteiger partial charge in [-0.15, -0.1) is 0 Å². The number of benzene rings is 4. The first-order valence-corrected chi connectivity index (χ1v) is 11.6. The Labute approximate surface area is 213 Å². The summed E-state index contributed by atoms with van der Waals surface area (Å²) in [6.07, 6.45) is 0. The second kappa shape index (κ2) is 12.0. The molecule has 0 aliphatic carbocycles. The summed E-state index contributed by atoms with van der Waals surface area (Å²) in [4.78, 5) is 11.5. The Morgan fingerprint density at radius 2 is 1.59 bits per heavy atom. The van der Waals surface area contributed by atoms with Crippen LogP contribution in [0, 0.1) is 11.6 Å². The van der Waals surface area contributed by atoms with Crippen molar-refractivity contribution in [2.45, 2.75) is 13.2 Å². The van der Waals surface area contributed by atoms with Gasteiger partial charge in [0.2, 0.25) is 0 Å². The minimum Gasteiger partial charge on any atom is -0.492 e. The molecule has 190 valence electrons. The van der Waals surface area contributed by atoms with Gasteiger partial charge >= 0.3 is 5.97 Å². The van der Waals surface area contributed by atoms with Gasteiger partial charge in [0.1, 0.15) is 36.3 Å². The van der Waals surface area contributed by atoms with E-state index < -0.39 is 17.6 Å². The number of hydrogen-bond donors (Lipinski definition) is 3. The molecule has 0 unspecified atom stereocenters. The number of para-hydroxylation sites is 1. The highest BCUT2D eigenvalue weighted by molar-refractivity contribution is 5.88. The van der Waals surface area contributed by atoms with Crippen LogP contribution in [0.15, 0.2) is 84.9 Å². The number of aromatic carboxylic acids is 1. The van der Waals surface area contributed by atoms with Crippen LogP contribution in [0.3, 0.4) is 0 Å². The van der Waals surface area contributed by atoms with Crippen LogP contribution in [-0.4, -0.2) is 24.2 Å². The lowest BCUT2D eigenvalue weighted by molar-refractivity contribution is 0.0696. The van der Waals surface area contributed by atoms with Crippen LogP contribution in [0.25, 0.3) is 11.1 Å². The van der Waals surface area contributed by atoms with Crippen LogP contribution >= 0.6 is 0 Å². The Morgan fingerprint density at radius 3 is 2.35 bits per heavy atom. The van der Waals surface area contributed by atoms with Gasteiger partial charge in [-0.1, -0.05) is 48.5 Å². The van der Waals surface area contributed by atoms with Gasteiger partial charge in [-0.05, 0) is 35.9 Å². The Hall–Kier alpha value is -4.43. The van der Waals surface area contributed by atoms with Crippen molar-refractivity contribution in [1.82, 2.24) is 0 Å². The number of carboxylic acids is 1. The van der Waals surface area contributed by atoms with Crippen LogP contribution in [0.4, 0.5) is 14.5 Å². The molecule has 37 heavy (non-hydrogen) atoms. The first-order chi connectivity index (χ1) is 18.0. The standard InChI is InChI=1S/C29H26F2N2O4/c30-24-16-25(31)26(15-23(24)22-8-4-5-9-28(22)36-13-12-32)33-17-21-14-20(29(34)35)10-11-27(21)37-18-19-6-2-1-3-7-19/h1-11,14-16,33H,12-13,17-18,32H2,(H,34,35). The van der Waals surface area contributed by atoms with Crippen molar-refractivity contribution in [3.05, 3.63) is 113 Å². The van der Waals surface area contributed by atoms with E-state index in [0.717, 1.165) is 11.6 Å². The molecule has 0 aromatic heterocycles. The van der Waals surface area contributed by atoms with E-state index in [1.54, 1.807) is 30.3 Å². The van der Waals surface area contributed by atoms with Gasteiger partial charge in [0, 0.05) is 35.8 Å². The van der Waals surface area contributed by atoms with Crippen molar-refractivity contribution in [1.29, 1.82) is 0 Å². The Bertz CT molecular complexity index is 1380. The molecule has 4 N–H and O–H groups in total. The van der Waals surface area contributed by atoms with E-state index in [1.807, 2.05) is 30.3 Å². The highest BCUT2D eigenvalue weighted by Gasteiger charge is 2.16. The normalized spacial score (nSPS) is 10.7. The Balaban J connectivity index is 1.61. The van der Waals surface area contributed by atoms with Gasteiger partial charge in [0.05, 0.1) is 11.3 Å². The van der Waals surface area contributed by atoms with E-state index in [-0.39, 0.29) is 43.1 Å². The molecule has 4 aromatic rings. The molecule has 0 bridgehead atoms. The fraction of sp³-hybridized carbons (Fsp3) is 0.138. The molecule has 0 aliphatic heterocycles. The molecule has 0 fully saturated rings. The van der Waals surface area contributed by atoms with E-state index in [0.29, 0.717) is 22.6 Å². The lowest BCUT2D eigenvalue weighted by Gasteiger charge is -2.16. The first-order valence-electron chi connectivity index (χ1n) is 11.6. The summed E-state index contributed by atoms with van der Waals surface area (Å²) < 4.78 is 41.1. The molecule has 0 amide bonds. The van der Waals surface area contributed by atoms with Gasteiger partial charge < -0.3 is 25.6 Å². The van der Waals surface area contributed by atoms with E-state index >= 15 is 0 Å². The summed E-state index contributed by atoms with van der Waals surface area (Å²) in [5, 5.41) is 12.4. The van der Waals surface area contributed by atoms with Crippen molar-refractivity contribution in [3.63, 3.8) is 0 Å². The largest absolute Gasteiger partial charge is 0.492 e. The molecule has 0 heterocycles. The van der Waals surface area contributed by atoms with Gasteiger partial charge in [0.25, 0.3) is 0 Å². The average Bonchev–Trinajstić information content (AvgIpc) is 2.91. The van der Waals surface area contributed by atoms with Crippen LogP contribution in [0.2, 0.25) is 0 Å². The van der Waals surface area contributed by atoms with Crippen LogP contribution in [0.1, 0.15) is 21.5 Å². The molecule has 4 rings (SSSR count). The maximum atomic E-state index is 14.8. The number of carboxylic acid groups (broad SMARTS) is 1. The smallest absolute Gasteiger partial charge is 0.335 e. The van der Waals surface area contributed by atoms with E-state index in [2.05, 4.69) is 5.32 Å². The second-order valence-corrected chi connectivity index (χ2v) is 8.20. The molecule has 4 aromatic carbocycles. The highest BCUT2D eigenvalue weighted by atomic mass is 19.1. The molecule has 0 saturated carbocycles. The third-order valence-corrected chi connectivity index (χ3v) is 5.62. The molecule has 0 atom stereocenters. The number of carbonyl (C=O) groups is 1. The van der Waals surface area contributed by atoms with Gasteiger partial charge in [0.15, 0.2) is 0 Å². The van der Waals surface area contributed by atoms with E-state index in [1.165, 1.54) is 18.2 Å². The van der Waals surface area contributed by atoms with Gasteiger partial charge in [-0.3, -0.25) is 0 Å². The first kappa shape index (κ1) is 25.7. The minimum absolute atomic E-state index is 0.0402. The molecule has 0 saturated heterocycles. The minimum atomic E-state index is -1.10. The SMILES string of the molecule is NCCOc1ccccc1-c1cc(NCc2cc(C(=O)O)ccc2OCc2ccccc2)c(F)cc1F. The Kier molecular flexibility index (Phi) is 8.33. The molecule has 0 spiro atoms. The maximum Gasteiger partial charge on any atom is 0.335 e. The zero-order valence-electron chi connectivity index (χ0n) is 19.9. The van der Waals surface area contributed by atoms with Crippen LogP contribution in [-0.2, 0) is 13.2 Å². The number of nitrogens with one attached hydrogen (secondary N) is 1. The number of nitrogens with two attached hydrogens (primary N) is 1. The van der Waals surface area contributed by atoms with Crippen LogP contribution < -0.4 is 20.5 Å². The predicted molar refractivity (Wildman–Crippen MR) is 138 cm³/mol. The molecule has 8 heteroatoms. The maximum absolute atomic E-state index is 14.8. The van der Waals surface area contributed by atoms with Crippen molar-refractivity contribution in [3.8, 4) is 22.6 Å². The van der Waals surface area contributed by atoms with Crippen LogP contribution in [0.5, 0.6) is 11.5 Å². The van der Waals surface area contributed by atoms with E-state index in [9.17, 15) is 18.7 Å². The zero-order valence-corrected chi connectivity index (χ0v) is 19.9. The third-order valence-electron chi connectivity index (χ3n) is 5.62. The fourth-order valence-corrected chi connectivity index (χ4v) is 3.79. The summed E-state index contributed by atoms with van der Waals surface area (Å²) in [6.45, 7) is 0.848. The zero-order chi connectivity index (χ0) is 26.2. The fourth-order valence-electron chi connectivity index (χ4n) is 3.79. The quantitative estimate of drug-likeness (QED) is 0.237. The topological polar surface area (TPSA) is 93.8 Å². The number of hydrogen-bond acceptors (Lipinski definition) is 5. The summed E-state index contributed by atoms with van der Waals surface area (Å²) in [5.74, 6) is -1.76. The number of halogens is 2. The number of ether oxygens (including phenoxy) is 2. The van der Waals surface area contributed by atoms with Gasteiger partial charge in [-0.25, -0.2) is 13.6 Å². The van der Waals surface area contributed by atoms with Crippen molar-refractivity contribution >= 4 is 11.7 Å². The monoisotopic (exact) mass is 504 g/mol. The van der Waals surface area contributed by atoms with Crippen molar-refractivity contribution in [2.24, 2.45) is 5.73 Å². The lowest BCUT2D eigenvalue weighted by atomic mass is 10.0. The second-order valence-electron chi connectivity index (χ2n) is 8.20. The Morgan fingerprint density at radius 1 is 0.838 bits per heavy atom. The van der Waals surface area contributed by atoms with Gasteiger partial charge in [-0.2, -0.15) is 0 Å². The molecule has 6 nitrogen and oxygen atoms in total. The van der Waals surface area contributed by atoms with Crippen molar-refractivity contribution in [2.75, 3.05) is 18.5 Å².